The van der Waals surface area contributed by atoms with E-state index < -0.39 is 29.7 Å². The lowest BCUT2D eigenvalue weighted by Crippen LogP contribution is -2.48. The fraction of sp³-hybridized carbons (Fsp3) is 0.342. The smallest absolute Gasteiger partial charge is 0.253 e. The Morgan fingerprint density at radius 3 is 2.23 bits per heavy atom. The van der Waals surface area contributed by atoms with E-state index in [1.807, 2.05) is 64.1 Å². The molecule has 3 aromatic carbocycles. The maximum atomic E-state index is 14.1. The molecule has 1 aromatic heterocycles. The Morgan fingerprint density at radius 1 is 0.851 bits per heavy atom. The number of amides is 2. The Bertz CT molecular complexity index is 1650. The molecule has 9 heteroatoms. The van der Waals surface area contributed by atoms with Gasteiger partial charge in [-0.15, -0.1) is 0 Å². The van der Waals surface area contributed by atoms with E-state index in [4.69, 9.17) is 0 Å². The lowest BCUT2D eigenvalue weighted by atomic mass is 9.99. The lowest BCUT2D eigenvalue weighted by molar-refractivity contribution is 0.0755. The Hall–Kier alpha value is -4.47. The van der Waals surface area contributed by atoms with Gasteiger partial charge in [0.25, 0.3) is 11.8 Å². The minimum absolute atomic E-state index is 0.0177. The highest BCUT2D eigenvalue weighted by Gasteiger charge is 2.24. The zero-order chi connectivity index (χ0) is 33.9. The van der Waals surface area contributed by atoms with Crippen LogP contribution in [0.5, 0.6) is 0 Å². The van der Waals surface area contributed by atoms with Crippen molar-refractivity contribution in [1.29, 1.82) is 0 Å². The molecule has 248 valence electrons. The summed E-state index contributed by atoms with van der Waals surface area (Å²) in [5.74, 6) is -2.14. The molecule has 0 radical (unpaired) electrons. The predicted molar refractivity (Wildman–Crippen MR) is 181 cm³/mol. The average molecular weight is 643 g/mol. The maximum absolute atomic E-state index is 14.1. The molecule has 0 fully saturated rings. The minimum Gasteiger partial charge on any atom is -0.390 e. The Labute approximate surface area is 276 Å². The number of nitrogens with zero attached hydrogens (tertiary/aromatic N) is 2. The molecule has 0 saturated heterocycles. The van der Waals surface area contributed by atoms with Gasteiger partial charge in [0.1, 0.15) is 11.6 Å². The lowest BCUT2D eigenvalue weighted by Gasteiger charge is -2.25. The van der Waals surface area contributed by atoms with Crippen molar-refractivity contribution >= 4 is 11.8 Å². The summed E-state index contributed by atoms with van der Waals surface area (Å²) in [4.78, 5) is 33.1. The van der Waals surface area contributed by atoms with Gasteiger partial charge < -0.3 is 20.6 Å². The molecule has 4 aromatic rings. The standard InChI is InChI=1S/C38H44F2N4O3/c1-5-12-44(13-6-2)38(47)31-15-26(4)14-30(21-31)37(46)43-35(20-28-18-32(39)22-33(40)19-28)36(45)24-41-23-27-8-7-9-29(17-27)34-16-25(3)10-11-42-34/h7-11,14-19,21-22,35-36,41,45H,5-6,12-13,20,23-24H2,1-4H3,(H,43,46)/t35-,36+/m0/s1. The molecular formula is C38H44F2N4O3. The fourth-order valence-corrected chi connectivity index (χ4v) is 5.63. The first-order valence-electron chi connectivity index (χ1n) is 16.1. The van der Waals surface area contributed by atoms with Crippen molar-refractivity contribution in [2.75, 3.05) is 19.6 Å². The number of carbonyl (C=O) groups excluding carboxylic acids is 2. The number of hydrogen-bond donors (Lipinski definition) is 3. The Kier molecular flexibility index (Phi) is 12.7. The van der Waals surface area contributed by atoms with Crippen LogP contribution in [-0.4, -0.2) is 58.6 Å². The topological polar surface area (TPSA) is 94.6 Å². The number of benzene rings is 3. The molecule has 0 aliphatic carbocycles. The molecule has 47 heavy (non-hydrogen) atoms. The van der Waals surface area contributed by atoms with Gasteiger partial charge >= 0.3 is 0 Å². The van der Waals surface area contributed by atoms with E-state index in [1.54, 1.807) is 29.3 Å². The van der Waals surface area contributed by atoms with Crippen molar-refractivity contribution in [2.45, 2.75) is 65.6 Å². The summed E-state index contributed by atoms with van der Waals surface area (Å²) in [5.41, 5.74) is 5.61. The highest BCUT2D eigenvalue weighted by molar-refractivity contribution is 6.00. The predicted octanol–water partition coefficient (Wildman–Crippen LogP) is 6.40. The number of rotatable bonds is 15. The van der Waals surface area contributed by atoms with Gasteiger partial charge in [-0.05, 0) is 104 Å². The number of aliphatic hydroxyl groups excluding tert-OH is 1. The van der Waals surface area contributed by atoms with Gasteiger partial charge in [-0.1, -0.05) is 32.0 Å². The summed E-state index contributed by atoms with van der Waals surface area (Å²) in [6.45, 7) is 9.59. The van der Waals surface area contributed by atoms with Crippen LogP contribution in [0.2, 0.25) is 0 Å². The molecule has 0 aliphatic rings. The number of pyridine rings is 1. The number of carbonyl (C=O) groups is 2. The van der Waals surface area contributed by atoms with Gasteiger partial charge in [-0.2, -0.15) is 0 Å². The van der Waals surface area contributed by atoms with Crippen LogP contribution in [0.25, 0.3) is 11.3 Å². The fourth-order valence-electron chi connectivity index (χ4n) is 5.63. The summed E-state index contributed by atoms with van der Waals surface area (Å²) in [6.07, 6.45) is 2.27. The number of aliphatic hydroxyl groups is 1. The van der Waals surface area contributed by atoms with Crippen molar-refractivity contribution in [2.24, 2.45) is 0 Å². The number of aryl methyl sites for hydroxylation is 2. The first-order chi connectivity index (χ1) is 22.6. The summed E-state index contributed by atoms with van der Waals surface area (Å²) < 4.78 is 28.1. The molecular weight excluding hydrogens is 598 g/mol. The third-order valence-corrected chi connectivity index (χ3v) is 7.84. The second-order valence-electron chi connectivity index (χ2n) is 12.1. The second-order valence-corrected chi connectivity index (χ2v) is 12.1. The minimum atomic E-state index is -1.11. The molecule has 2 atom stereocenters. The van der Waals surface area contributed by atoms with Gasteiger partial charge in [0.05, 0.1) is 17.8 Å². The van der Waals surface area contributed by atoms with Crippen LogP contribution in [0.4, 0.5) is 8.78 Å². The highest BCUT2D eigenvalue weighted by atomic mass is 19.1. The first kappa shape index (κ1) is 35.4. The van der Waals surface area contributed by atoms with Crippen LogP contribution in [0.15, 0.2) is 79.0 Å². The van der Waals surface area contributed by atoms with Gasteiger partial charge in [0, 0.05) is 55.1 Å². The van der Waals surface area contributed by atoms with Crippen LogP contribution in [-0.2, 0) is 13.0 Å². The van der Waals surface area contributed by atoms with Gasteiger partial charge in [0.15, 0.2) is 0 Å². The van der Waals surface area contributed by atoms with E-state index in [2.05, 4.69) is 15.6 Å². The number of aromatic nitrogens is 1. The molecule has 7 nitrogen and oxygen atoms in total. The molecule has 0 saturated carbocycles. The number of hydrogen-bond acceptors (Lipinski definition) is 5. The molecule has 3 N–H and O–H groups in total. The highest BCUT2D eigenvalue weighted by Crippen LogP contribution is 2.20. The summed E-state index contributed by atoms with van der Waals surface area (Å²) in [6, 6.07) is 19.1. The van der Waals surface area contributed by atoms with Gasteiger partial charge in [-0.3, -0.25) is 14.6 Å². The Morgan fingerprint density at radius 2 is 1.55 bits per heavy atom. The number of nitrogens with one attached hydrogen (secondary N) is 2. The molecule has 1 heterocycles. The van der Waals surface area contributed by atoms with E-state index in [1.165, 1.54) is 12.1 Å². The summed E-state index contributed by atoms with van der Waals surface area (Å²) >= 11 is 0. The van der Waals surface area contributed by atoms with Crippen LogP contribution >= 0.6 is 0 Å². The molecule has 0 aliphatic heterocycles. The normalized spacial score (nSPS) is 12.4. The third kappa shape index (κ3) is 10.3. The first-order valence-corrected chi connectivity index (χ1v) is 16.1. The van der Waals surface area contributed by atoms with Gasteiger partial charge in [-0.25, -0.2) is 8.78 Å². The Balaban J connectivity index is 1.51. The molecule has 4 rings (SSSR count). The zero-order valence-corrected chi connectivity index (χ0v) is 27.5. The van der Waals surface area contributed by atoms with Crippen molar-refractivity contribution in [1.82, 2.24) is 20.5 Å². The van der Waals surface area contributed by atoms with Crippen molar-refractivity contribution < 1.29 is 23.5 Å². The monoisotopic (exact) mass is 642 g/mol. The zero-order valence-electron chi connectivity index (χ0n) is 27.5. The van der Waals surface area contributed by atoms with Crippen LogP contribution in [0.3, 0.4) is 0 Å². The van der Waals surface area contributed by atoms with Crippen LogP contribution < -0.4 is 10.6 Å². The SMILES string of the molecule is CCCN(CCC)C(=O)c1cc(C)cc(C(=O)N[C@@H](Cc2cc(F)cc(F)c2)[C@H](O)CNCc2cccc(-c3cc(C)ccn3)c2)c1. The van der Waals surface area contributed by atoms with Gasteiger partial charge in [0.2, 0.25) is 0 Å². The quantitative estimate of drug-likeness (QED) is 0.140. The molecule has 0 spiro atoms. The van der Waals surface area contributed by atoms with E-state index >= 15 is 0 Å². The molecule has 0 bridgehead atoms. The second kappa shape index (κ2) is 16.9. The third-order valence-electron chi connectivity index (χ3n) is 7.84. The van der Waals surface area contributed by atoms with Crippen molar-refractivity contribution in [3.05, 3.63) is 124 Å². The maximum Gasteiger partial charge on any atom is 0.253 e. The largest absolute Gasteiger partial charge is 0.390 e. The average Bonchev–Trinajstić information content (AvgIpc) is 3.03. The molecule has 2 amide bonds. The van der Waals surface area contributed by atoms with E-state index in [-0.39, 0.29) is 24.4 Å². The summed E-state index contributed by atoms with van der Waals surface area (Å²) in [5, 5.41) is 17.4. The molecule has 0 unspecified atom stereocenters. The van der Waals surface area contributed by atoms with E-state index in [0.717, 1.165) is 46.9 Å². The van der Waals surface area contributed by atoms with E-state index in [0.29, 0.717) is 30.8 Å². The van der Waals surface area contributed by atoms with Crippen molar-refractivity contribution in [3.63, 3.8) is 0 Å². The van der Waals surface area contributed by atoms with E-state index in [9.17, 15) is 23.5 Å². The van der Waals surface area contributed by atoms with Crippen molar-refractivity contribution in [3.8, 4) is 11.3 Å². The van der Waals surface area contributed by atoms with Crippen LogP contribution in [0, 0.1) is 25.5 Å². The number of halogens is 2. The summed E-state index contributed by atoms with van der Waals surface area (Å²) in [7, 11) is 0. The van der Waals surface area contributed by atoms with Crippen LogP contribution in [0.1, 0.15) is 69.7 Å².